The minimum Gasteiger partial charge on any atom is -0.293 e. The number of benzene rings is 1. The summed E-state index contributed by atoms with van der Waals surface area (Å²) in [7, 11) is -3.71. The Morgan fingerprint density at radius 2 is 1.76 bits per heavy atom. The van der Waals surface area contributed by atoms with Crippen LogP contribution in [0.15, 0.2) is 23.1 Å². The number of rotatable bonds is 8. The van der Waals surface area contributed by atoms with E-state index in [-0.39, 0.29) is 27.1 Å². The van der Waals surface area contributed by atoms with Gasteiger partial charge < -0.3 is 0 Å². The number of ketones is 1. The van der Waals surface area contributed by atoms with E-state index in [9.17, 15) is 13.2 Å². The summed E-state index contributed by atoms with van der Waals surface area (Å²) in [5.74, 6) is -0.531. The maximum absolute atomic E-state index is 12.7. The third-order valence-electron chi connectivity index (χ3n) is 2.94. The van der Waals surface area contributed by atoms with Gasteiger partial charge in [0.25, 0.3) is 0 Å². The lowest BCUT2D eigenvalue weighted by Gasteiger charge is -2.21. The van der Waals surface area contributed by atoms with Crippen LogP contribution < -0.4 is 0 Å². The predicted molar refractivity (Wildman–Crippen MR) is 85.8 cm³/mol. The topological polar surface area (TPSA) is 54.5 Å². The Bertz CT molecular complexity index is 596. The molecule has 0 unspecified atom stereocenters. The van der Waals surface area contributed by atoms with E-state index in [1.807, 2.05) is 13.8 Å². The van der Waals surface area contributed by atoms with Gasteiger partial charge in [0.15, 0.2) is 5.78 Å². The van der Waals surface area contributed by atoms with Crippen LogP contribution in [0.3, 0.4) is 0 Å². The van der Waals surface area contributed by atoms with E-state index >= 15 is 0 Å². The van der Waals surface area contributed by atoms with E-state index in [2.05, 4.69) is 0 Å². The minimum atomic E-state index is -3.71. The van der Waals surface area contributed by atoms with E-state index in [0.717, 1.165) is 0 Å². The molecule has 0 aliphatic carbocycles. The molecule has 0 aliphatic rings. The summed E-state index contributed by atoms with van der Waals surface area (Å²) < 4.78 is 26.8. The van der Waals surface area contributed by atoms with Crippen LogP contribution in [0.2, 0.25) is 5.02 Å². The zero-order valence-electron chi connectivity index (χ0n) is 12.1. The molecular formula is C14H19Cl2NO3S. The van der Waals surface area contributed by atoms with Crippen LogP contribution >= 0.6 is 23.2 Å². The van der Waals surface area contributed by atoms with Gasteiger partial charge >= 0.3 is 0 Å². The van der Waals surface area contributed by atoms with Gasteiger partial charge in [0.2, 0.25) is 10.0 Å². The Hall–Kier alpha value is -0.620. The molecule has 0 N–H and O–H groups in total. The van der Waals surface area contributed by atoms with Crippen molar-refractivity contribution in [3.05, 3.63) is 28.8 Å². The number of hydrogen-bond donors (Lipinski definition) is 0. The number of carbonyl (C=O) groups is 1. The number of Topliss-reactive ketones (excluding diaryl/α,β-unsaturated/α-hetero) is 1. The average Bonchev–Trinajstić information content (AvgIpc) is 2.46. The fraction of sp³-hybridized carbons (Fsp3) is 0.500. The fourth-order valence-electron chi connectivity index (χ4n) is 1.94. The van der Waals surface area contributed by atoms with Gasteiger partial charge in [0.05, 0.1) is 10.9 Å². The van der Waals surface area contributed by atoms with Gasteiger partial charge in [-0.25, -0.2) is 8.42 Å². The highest BCUT2D eigenvalue weighted by molar-refractivity contribution is 7.89. The highest BCUT2D eigenvalue weighted by Gasteiger charge is 2.26. The van der Waals surface area contributed by atoms with E-state index < -0.39 is 10.0 Å². The first kappa shape index (κ1) is 18.4. The third kappa shape index (κ3) is 4.42. The van der Waals surface area contributed by atoms with Crippen molar-refractivity contribution in [2.45, 2.75) is 31.6 Å². The van der Waals surface area contributed by atoms with Crippen molar-refractivity contribution in [2.24, 2.45) is 0 Å². The van der Waals surface area contributed by atoms with Crippen LogP contribution in [0.25, 0.3) is 0 Å². The number of sulfonamides is 1. The highest BCUT2D eigenvalue weighted by Crippen LogP contribution is 2.26. The molecule has 0 atom stereocenters. The lowest BCUT2D eigenvalue weighted by Crippen LogP contribution is -2.32. The van der Waals surface area contributed by atoms with Gasteiger partial charge in [-0.2, -0.15) is 4.31 Å². The summed E-state index contributed by atoms with van der Waals surface area (Å²) in [6.07, 6.45) is 1.41. The standard InChI is InChI=1S/C14H19Cl2NO3S/c1-3-7-17(8-4-2)21(19,20)14-9-11(13(18)10-15)5-6-12(14)16/h5-6,9H,3-4,7-8,10H2,1-2H3. The molecule has 118 valence electrons. The number of alkyl halides is 1. The second kappa shape index (κ2) is 8.13. The molecule has 1 aromatic rings. The van der Waals surface area contributed by atoms with Crippen LogP contribution in [0, 0.1) is 0 Å². The molecule has 1 rings (SSSR count). The summed E-state index contributed by atoms with van der Waals surface area (Å²) in [6, 6.07) is 4.21. The zero-order valence-corrected chi connectivity index (χ0v) is 14.4. The summed E-state index contributed by atoms with van der Waals surface area (Å²) in [4.78, 5) is 11.6. The van der Waals surface area contributed by atoms with Gasteiger partial charge in [0.1, 0.15) is 4.90 Å². The molecule has 0 radical (unpaired) electrons. The van der Waals surface area contributed by atoms with E-state index in [1.165, 1.54) is 22.5 Å². The minimum absolute atomic E-state index is 0.0398. The van der Waals surface area contributed by atoms with Crippen molar-refractivity contribution in [1.82, 2.24) is 4.31 Å². The molecule has 0 bridgehead atoms. The van der Waals surface area contributed by atoms with Gasteiger partial charge in [-0.15, -0.1) is 11.6 Å². The van der Waals surface area contributed by atoms with Crippen molar-refractivity contribution >= 4 is 39.0 Å². The zero-order chi connectivity index (χ0) is 16.0. The predicted octanol–water partition coefficient (Wildman–Crippen LogP) is 3.57. The van der Waals surface area contributed by atoms with Crippen LogP contribution in [-0.4, -0.2) is 37.5 Å². The molecule has 4 nitrogen and oxygen atoms in total. The lowest BCUT2D eigenvalue weighted by atomic mass is 10.1. The molecule has 1 aromatic carbocycles. The van der Waals surface area contributed by atoms with E-state index in [1.54, 1.807) is 0 Å². The Labute approximate surface area is 136 Å². The quantitative estimate of drug-likeness (QED) is 0.531. The average molecular weight is 352 g/mol. The van der Waals surface area contributed by atoms with Crippen molar-refractivity contribution in [3.8, 4) is 0 Å². The molecule has 0 fully saturated rings. The van der Waals surface area contributed by atoms with Crippen molar-refractivity contribution in [2.75, 3.05) is 19.0 Å². The second-order valence-electron chi connectivity index (χ2n) is 4.61. The monoisotopic (exact) mass is 351 g/mol. The molecule has 21 heavy (non-hydrogen) atoms. The van der Waals surface area contributed by atoms with Crippen LogP contribution in [0.1, 0.15) is 37.0 Å². The van der Waals surface area contributed by atoms with Gasteiger partial charge in [0, 0.05) is 18.7 Å². The third-order valence-corrected chi connectivity index (χ3v) is 5.56. The Kier molecular flexibility index (Phi) is 7.13. The molecule has 0 aliphatic heterocycles. The number of hydrogen-bond acceptors (Lipinski definition) is 3. The lowest BCUT2D eigenvalue weighted by molar-refractivity contribution is 0.102. The van der Waals surface area contributed by atoms with Crippen molar-refractivity contribution in [3.63, 3.8) is 0 Å². The highest BCUT2D eigenvalue weighted by atomic mass is 35.5. The molecule has 0 saturated heterocycles. The summed E-state index contributed by atoms with van der Waals surface area (Å²) in [5.41, 5.74) is 0.251. The van der Waals surface area contributed by atoms with Crippen LogP contribution in [0.5, 0.6) is 0 Å². The van der Waals surface area contributed by atoms with Crippen LogP contribution in [-0.2, 0) is 10.0 Å². The molecular weight excluding hydrogens is 333 g/mol. The summed E-state index contributed by atoms with van der Waals surface area (Å²) in [5, 5.41) is 0.110. The summed E-state index contributed by atoms with van der Waals surface area (Å²) >= 11 is 11.5. The SMILES string of the molecule is CCCN(CCC)S(=O)(=O)c1cc(C(=O)CCl)ccc1Cl. The smallest absolute Gasteiger partial charge is 0.244 e. The molecule has 0 amide bonds. The molecule has 0 heterocycles. The second-order valence-corrected chi connectivity index (χ2v) is 7.19. The number of carbonyl (C=O) groups excluding carboxylic acids is 1. The maximum atomic E-state index is 12.7. The molecule has 0 saturated carbocycles. The Morgan fingerprint density at radius 3 is 2.24 bits per heavy atom. The van der Waals surface area contributed by atoms with E-state index in [0.29, 0.717) is 25.9 Å². The molecule has 0 aromatic heterocycles. The normalized spacial score (nSPS) is 11.9. The number of nitrogens with zero attached hydrogens (tertiary/aromatic N) is 1. The first-order valence-electron chi connectivity index (χ1n) is 6.77. The molecule has 7 heteroatoms. The van der Waals surface area contributed by atoms with Crippen molar-refractivity contribution in [1.29, 1.82) is 0 Å². The largest absolute Gasteiger partial charge is 0.293 e. The number of halogens is 2. The maximum Gasteiger partial charge on any atom is 0.244 e. The van der Waals surface area contributed by atoms with Gasteiger partial charge in [-0.3, -0.25) is 4.79 Å². The summed E-state index contributed by atoms with van der Waals surface area (Å²) in [6.45, 7) is 4.65. The van der Waals surface area contributed by atoms with Crippen molar-refractivity contribution < 1.29 is 13.2 Å². The van der Waals surface area contributed by atoms with Gasteiger partial charge in [-0.05, 0) is 31.0 Å². The Morgan fingerprint density at radius 1 is 1.19 bits per heavy atom. The van der Waals surface area contributed by atoms with Gasteiger partial charge in [-0.1, -0.05) is 25.4 Å². The molecule has 0 spiro atoms. The first-order valence-corrected chi connectivity index (χ1v) is 9.12. The van der Waals surface area contributed by atoms with Crippen LogP contribution in [0.4, 0.5) is 0 Å². The van der Waals surface area contributed by atoms with E-state index in [4.69, 9.17) is 23.2 Å². The first-order chi connectivity index (χ1) is 9.88. The fourth-order valence-corrected chi connectivity index (χ4v) is 4.22. The Balaban J connectivity index is 3.31.